The number of hydrogen-bond acceptors (Lipinski definition) is 4. The van der Waals surface area contributed by atoms with Crippen LogP contribution in [-0.2, 0) is 10.0 Å². The molecule has 1 aromatic rings. The number of fused-ring (bicyclic) bond motifs is 1. The van der Waals surface area contributed by atoms with Crippen LogP contribution in [0.15, 0.2) is 23.1 Å². The molecule has 7 heteroatoms. The monoisotopic (exact) mass is 323 g/mol. The predicted octanol–water partition coefficient (Wildman–Crippen LogP) is 1.55. The molecule has 2 aliphatic rings. The van der Waals surface area contributed by atoms with Crippen molar-refractivity contribution < 1.29 is 12.8 Å². The third kappa shape index (κ3) is 2.51. The van der Waals surface area contributed by atoms with E-state index in [4.69, 9.17) is 5.26 Å². The van der Waals surface area contributed by atoms with Crippen molar-refractivity contribution in [3.05, 3.63) is 29.6 Å². The van der Waals surface area contributed by atoms with Gasteiger partial charge in [-0.2, -0.15) is 9.57 Å². The van der Waals surface area contributed by atoms with Crippen LogP contribution in [0.4, 0.5) is 4.39 Å². The number of benzene rings is 1. The SMILES string of the molecule is C[C@H]1CN2CCC[C@@H]2CN1S(=O)(=O)c1ccc(F)c(C#N)c1. The third-order valence-electron chi connectivity index (χ3n) is 4.54. The van der Waals surface area contributed by atoms with Crippen molar-refractivity contribution in [1.82, 2.24) is 9.21 Å². The van der Waals surface area contributed by atoms with Gasteiger partial charge in [0.1, 0.15) is 11.9 Å². The molecule has 0 spiro atoms. The van der Waals surface area contributed by atoms with Crippen LogP contribution < -0.4 is 0 Å². The van der Waals surface area contributed by atoms with E-state index in [0.717, 1.165) is 38.1 Å². The number of halogens is 1. The second-order valence-electron chi connectivity index (χ2n) is 5.97. The molecule has 2 atom stereocenters. The van der Waals surface area contributed by atoms with Gasteiger partial charge in [-0.25, -0.2) is 12.8 Å². The molecular formula is C15H18FN3O2S. The topological polar surface area (TPSA) is 64.4 Å². The van der Waals surface area contributed by atoms with Gasteiger partial charge < -0.3 is 0 Å². The summed E-state index contributed by atoms with van der Waals surface area (Å²) in [6.45, 7) is 4.10. The van der Waals surface area contributed by atoms with E-state index in [9.17, 15) is 12.8 Å². The van der Waals surface area contributed by atoms with E-state index in [1.54, 1.807) is 6.07 Å². The fourth-order valence-corrected chi connectivity index (χ4v) is 5.07. The third-order valence-corrected chi connectivity index (χ3v) is 6.52. The van der Waals surface area contributed by atoms with Crippen molar-refractivity contribution >= 4 is 10.0 Å². The van der Waals surface area contributed by atoms with Gasteiger partial charge >= 0.3 is 0 Å². The Labute approximate surface area is 130 Å². The molecule has 0 N–H and O–H groups in total. The maximum absolute atomic E-state index is 13.4. The van der Waals surface area contributed by atoms with Crippen LogP contribution in [0, 0.1) is 17.1 Å². The van der Waals surface area contributed by atoms with Crippen molar-refractivity contribution in [3.8, 4) is 6.07 Å². The zero-order chi connectivity index (χ0) is 15.9. The number of rotatable bonds is 2. The van der Waals surface area contributed by atoms with Gasteiger partial charge in [-0.05, 0) is 44.5 Å². The van der Waals surface area contributed by atoms with Crippen molar-refractivity contribution in [3.63, 3.8) is 0 Å². The number of sulfonamides is 1. The van der Waals surface area contributed by atoms with Gasteiger partial charge in [0.05, 0.1) is 10.5 Å². The highest BCUT2D eigenvalue weighted by atomic mass is 32.2. The van der Waals surface area contributed by atoms with Crippen LogP contribution in [0.2, 0.25) is 0 Å². The predicted molar refractivity (Wildman–Crippen MR) is 79.1 cm³/mol. The average molecular weight is 323 g/mol. The lowest BCUT2D eigenvalue weighted by Crippen LogP contribution is -2.56. The van der Waals surface area contributed by atoms with Crippen LogP contribution in [0.5, 0.6) is 0 Å². The summed E-state index contributed by atoms with van der Waals surface area (Å²) in [6.07, 6.45) is 2.10. The molecule has 0 unspecified atom stereocenters. The number of piperazine rings is 1. The highest BCUT2D eigenvalue weighted by Crippen LogP contribution is 2.29. The number of nitrogens with zero attached hydrogens (tertiary/aromatic N) is 3. The van der Waals surface area contributed by atoms with Gasteiger partial charge in [0, 0.05) is 25.2 Å². The minimum Gasteiger partial charge on any atom is -0.297 e. The van der Waals surface area contributed by atoms with Gasteiger partial charge in [0.2, 0.25) is 10.0 Å². The molecule has 1 aromatic carbocycles. The number of nitriles is 1. The number of hydrogen-bond donors (Lipinski definition) is 0. The molecule has 3 rings (SSSR count). The molecule has 2 fully saturated rings. The average Bonchev–Trinajstić information content (AvgIpc) is 2.93. The van der Waals surface area contributed by atoms with Crippen molar-refractivity contribution in [2.75, 3.05) is 19.6 Å². The lowest BCUT2D eigenvalue weighted by molar-refractivity contribution is 0.117. The van der Waals surface area contributed by atoms with Crippen molar-refractivity contribution in [2.45, 2.75) is 36.7 Å². The van der Waals surface area contributed by atoms with Crippen LogP contribution in [0.25, 0.3) is 0 Å². The Morgan fingerprint density at radius 2 is 2.14 bits per heavy atom. The molecule has 2 aliphatic heterocycles. The summed E-state index contributed by atoms with van der Waals surface area (Å²) in [5.74, 6) is -0.699. The van der Waals surface area contributed by atoms with Gasteiger partial charge in [-0.15, -0.1) is 0 Å². The van der Waals surface area contributed by atoms with Gasteiger partial charge in [0.25, 0.3) is 0 Å². The molecule has 0 bridgehead atoms. The Bertz CT molecular complexity index is 729. The standard InChI is InChI=1S/C15H18FN3O2S/c1-11-9-18-6-2-3-13(18)10-19(11)22(20,21)14-4-5-15(16)12(7-14)8-17/h4-5,7,11,13H,2-3,6,9-10H2,1H3/t11-,13+/m0/s1. The summed E-state index contributed by atoms with van der Waals surface area (Å²) >= 11 is 0. The quantitative estimate of drug-likeness (QED) is 0.828. The maximum atomic E-state index is 13.4. The first-order valence-corrected chi connectivity index (χ1v) is 8.83. The molecule has 118 valence electrons. The second-order valence-corrected chi connectivity index (χ2v) is 7.86. The fraction of sp³-hybridized carbons (Fsp3) is 0.533. The van der Waals surface area contributed by atoms with Gasteiger partial charge in [-0.1, -0.05) is 0 Å². The molecule has 0 saturated carbocycles. The van der Waals surface area contributed by atoms with Crippen molar-refractivity contribution in [2.24, 2.45) is 0 Å². The summed E-state index contributed by atoms with van der Waals surface area (Å²) in [5.41, 5.74) is -0.242. The van der Waals surface area contributed by atoms with E-state index in [2.05, 4.69) is 4.90 Å². The zero-order valence-corrected chi connectivity index (χ0v) is 13.2. The van der Waals surface area contributed by atoms with E-state index < -0.39 is 15.8 Å². The summed E-state index contributed by atoms with van der Waals surface area (Å²) < 4.78 is 40.6. The molecule has 5 nitrogen and oxygen atoms in total. The highest BCUT2D eigenvalue weighted by Gasteiger charge is 2.40. The summed E-state index contributed by atoms with van der Waals surface area (Å²) in [7, 11) is -3.71. The smallest absolute Gasteiger partial charge is 0.243 e. The van der Waals surface area contributed by atoms with Gasteiger partial charge in [-0.3, -0.25) is 4.90 Å². The van der Waals surface area contributed by atoms with E-state index in [0.29, 0.717) is 6.54 Å². The Hall–Kier alpha value is -1.49. The minimum atomic E-state index is -3.71. The summed E-state index contributed by atoms with van der Waals surface area (Å²) in [4.78, 5) is 2.32. The largest absolute Gasteiger partial charge is 0.297 e. The van der Waals surface area contributed by atoms with Crippen LogP contribution in [0.1, 0.15) is 25.3 Å². The summed E-state index contributed by atoms with van der Waals surface area (Å²) in [5, 5.41) is 8.89. The Kier molecular flexibility index (Phi) is 3.93. The first kappa shape index (κ1) is 15.4. The normalized spacial score (nSPS) is 26.6. The second kappa shape index (κ2) is 5.61. The lowest BCUT2D eigenvalue weighted by Gasteiger charge is -2.41. The van der Waals surface area contributed by atoms with E-state index >= 15 is 0 Å². The molecular weight excluding hydrogens is 305 g/mol. The first-order chi connectivity index (χ1) is 10.4. The molecule has 0 aliphatic carbocycles. The van der Waals surface area contributed by atoms with E-state index in [1.165, 1.54) is 10.4 Å². The van der Waals surface area contributed by atoms with E-state index in [-0.39, 0.29) is 22.5 Å². The molecule has 0 radical (unpaired) electrons. The maximum Gasteiger partial charge on any atom is 0.243 e. The Morgan fingerprint density at radius 1 is 1.36 bits per heavy atom. The Morgan fingerprint density at radius 3 is 2.86 bits per heavy atom. The molecule has 2 saturated heterocycles. The highest BCUT2D eigenvalue weighted by molar-refractivity contribution is 7.89. The molecule has 0 aromatic heterocycles. The van der Waals surface area contributed by atoms with E-state index in [1.807, 2.05) is 6.92 Å². The molecule has 22 heavy (non-hydrogen) atoms. The minimum absolute atomic E-state index is 0.0104. The van der Waals surface area contributed by atoms with Crippen LogP contribution >= 0.6 is 0 Å². The zero-order valence-electron chi connectivity index (χ0n) is 12.4. The van der Waals surface area contributed by atoms with Gasteiger partial charge in [0.15, 0.2) is 0 Å². The van der Waals surface area contributed by atoms with Crippen LogP contribution in [-0.4, -0.2) is 49.3 Å². The lowest BCUT2D eigenvalue weighted by atomic mass is 10.1. The summed E-state index contributed by atoms with van der Waals surface area (Å²) in [6, 6.07) is 5.23. The van der Waals surface area contributed by atoms with Crippen molar-refractivity contribution in [1.29, 1.82) is 5.26 Å². The first-order valence-electron chi connectivity index (χ1n) is 7.39. The molecule has 2 heterocycles. The van der Waals surface area contributed by atoms with Crippen LogP contribution in [0.3, 0.4) is 0 Å². The Balaban J connectivity index is 1.94. The fourth-order valence-electron chi connectivity index (χ4n) is 3.38. The molecule has 0 amide bonds.